The summed E-state index contributed by atoms with van der Waals surface area (Å²) in [5.41, 5.74) is 2.65. The molecular formula is C18H28ClNO3. The van der Waals surface area contributed by atoms with Crippen molar-refractivity contribution in [3.8, 4) is 11.5 Å². The molecule has 0 aromatic heterocycles. The lowest BCUT2D eigenvalue weighted by molar-refractivity contribution is -0.00235. The maximum absolute atomic E-state index is 10.4. The van der Waals surface area contributed by atoms with Gasteiger partial charge in [-0.15, -0.1) is 12.4 Å². The fraction of sp³-hybridized carbons (Fsp3) is 0.667. The van der Waals surface area contributed by atoms with Crippen molar-refractivity contribution in [2.45, 2.75) is 57.2 Å². The molecule has 1 N–H and O–H groups in total. The van der Waals surface area contributed by atoms with Crippen molar-refractivity contribution in [2.75, 3.05) is 20.8 Å². The number of methoxy groups -OCH3 is 2. The second-order valence-corrected chi connectivity index (χ2v) is 6.49. The first-order valence-electron chi connectivity index (χ1n) is 8.34. The Morgan fingerprint density at radius 3 is 2.39 bits per heavy atom. The van der Waals surface area contributed by atoms with E-state index in [1.165, 1.54) is 17.5 Å². The standard InChI is InChI=1S/C18H27NO3.ClH/c1-12-14-11-18(22-3)17(21-2)10-13(14)8-9-19(12)15-6-4-5-7-16(15)20;/h10-12,15-16,20H,4-9H2,1-3H3;1H. The van der Waals surface area contributed by atoms with Gasteiger partial charge >= 0.3 is 0 Å². The number of benzene rings is 1. The van der Waals surface area contributed by atoms with E-state index in [1.807, 2.05) is 0 Å². The first-order chi connectivity index (χ1) is 10.7. The molecule has 1 aliphatic heterocycles. The molecule has 0 bridgehead atoms. The predicted octanol–water partition coefficient (Wildman–Crippen LogP) is 3.35. The summed E-state index contributed by atoms with van der Waals surface area (Å²) in [5.74, 6) is 1.60. The monoisotopic (exact) mass is 341 g/mol. The fourth-order valence-corrected chi connectivity index (χ4v) is 4.10. The molecule has 23 heavy (non-hydrogen) atoms. The van der Waals surface area contributed by atoms with Gasteiger partial charge in [0, 0.05) is 18.6 Å². The van der Waals surface area contributed by atoms with Crippen LogP contribution in [0.4, 0.5) is 0 Å². The van der Waals surface area contributed by atoms with Crippen LogP contribution in [-0.4, -0.2) is 42.9 Å². The van der Waals surface area contributed by atoms with E-state index in [2.05, 4.69) is 24.0 Å². The van der Waals surface area contributed by atoms with E-state index in [0.29, 0.717) is 12.1 Å². The maximum atomic E-state index is 10.4. The van der Waals surface area contributed by atoms with Crippen LogP contribution in [-0.2, 0) is 6.42 Å². The summed E-state index contributed by atoms with van der Waals surface area (Å²) in [6.45, 7) is 3.25. The van der Waals surface area contributed by atoms with Crippen LogP contribution in [0.15, 0.2) is 12.1 Å². The van der Waals surface area contributed by atoms with Crippen molar-refractivity contribution in [3.63, 3.8) is 0 Å². The molecular weight excluding hydrogens is 314 g/mol. The van der Waals surface area contributed by atoms with Crippen molar-refractivity contribution < 1.29 is 14.6 Å². The highest BCUT2D eigenvalue weighted by atomic mass is 35.5. The minimum Gasteiger partial charge on any atom is -0.493 e. The Morgan fingerprint density at radius 2 is 1.74 bits per heavy atom. The summed E-state index contributed by atoms with van der Waals surface area (Å²) in [4.78, 5) is 2.48. The van der Waals surface area contributed by atoms with Gasteiger partial charge in [0.25, 0.3) is 0 Å². The molecule has 3 unspecified atom stereocenters. The largest absolute Gasteiger partial charge is 0.493 e. The number of nitrogens with zero attached hydrogens (tertiary/aromatic N) is 1. The van der Waals surface area contributed by atoms with Gasteiger partial charge in [0.2, 0.25) is 0 Å². The van der Waals surface area contributed by atoms with Crippen molar-refractivity contribution in [3.05, 3.63) is 23.3 Å². The van der Waals surface area contributed by atoms with Crippen LogP contribution in [0.3, 0.4) is 0 Å². The fourth-order valence-electron chi connectivity index (χ4n) is 4.10. The summed E-state index contributed by atoms with van der Waals surface area (Å²) in [7, 11) is 3.36. The van der Waals surface area contributed by atoms with Crippen LogP contribution >= 0.6 is 12.4 Å². The minimum atomic E-state index is -0.183. The quantitative estimate of drug-likeness (QED) is 0.915. The summed E-state index contributed by atoms with van der Waals surface area (Å²) < 4.78 is 10.9. The zero-order valence-corrected chi connectivity index (χ0v) is 15.1. The first-order valence-corrected chi connectivity index (χ1v) is 8.34. The number of hydrogen-bond donors (Lipinski definition) is 1. The van der Waals surface area contributed by atoms with Crippen LogP contribution in [0.1, 0.15) is 49.8 Å². The predicted molar refractivity (Wildman–Crippen MR) is 93.9 cm³/mol. The highest BCUT2D eigenvalue weighted by molar-refractivity contribution is 5.85. The number of rotatable bonds is 3. The molecule has 130 valence electrons. The third kappa shape index (κ3) is 3.44. The van der Waals surface area contributed by atoms with Gasteiger partial charge in [0.05, 0.1) is 20.3 Å². The van der Waals surface area contributed by atoms with Gasteiger partial charge in [-0.05, 0) is 49.4 Å². The lowest BCUT2D eigenvalue weighted by atomic mass is 9.86. The van der Waals surface area contributed by atoms with E-state index >= 15 is 0 Å². The van der Waals surface area contributed by atoms with E-state index in [9.17, 15) is 5.11 Å². The molecule has 3 atom stereocenters. The van der Waals surface area contributed by atoms with E-state index in [-0.39, 0.29) is 18.5 Å². The Hall–Kier alpha value is -0.970. The Bertz CT molecular complexity index is 537. The number of aliphatic hydroxyl groups is 1. The molecule has 4 nitrogen and oxygen atoms in total. The number of hydrogen-bond acceptors (Lipinski definition) is 4. The average Bonchev–Trinajstić information content (AvgIpc) is 2.55. The van der Waals surface area contributed by atoms with Crippen LogP contribution in [0, 0.1) is 0 Å². The summed E-state index contributed by atoms with van der Waals surface area (Å²) in [5, 5.41) is 10.4. The Labute approximate surface area is 145 Å². The second-order valence-electron chi connectivity index (χ2n) is 6.49. The normalized spacial score (nSPS) is 27.7. The molecule has 1 aromatic carbocycles. The smallest absolute Gasteiger partial charge is 0.161 e. The van der Waals surface area contributed by atoms with Gasteiger partial charge in [-0.3, -0.25) is 4.90 Å². The lowest BCUT2D eigenvalue weighted by Gasteiger charge is -2.44. The van der Waals surface area contributed by atoms with E-state index in [4.69, 9.17) is 9.47 Å². The van der Waals surface area contributed by atoms with Crippen molar-refractivity contribution in [1.82, 2.24) is 4.90 Å². The summed E-state index contributed by atoms with van der Waals surface area (Å²) >= 11 is 0. The highest BCUT2D eigenvalue weighted by Gasteiger charge is 2.35. The first kappa shape index (κ1) is 18.4. The van der Waals surface area contributed by atoms with Crippen molar-refractivity contribution in [1.29, 1.82) is 0 Å². The third-order valence-corrected chi connectivity index (χ3v) is 5.35. The van der Waals surface area contributed by atoms with Gasteiger partial charge in [-0.2, -0.15) is 0 Å². The Kier molecular flexibility index (Phi) is 6.18. The Morgan fingerprint density at radius 1 is 1.09 bits per heavy atom. The molecule has 0 spiro atoms. The van der Waals surface area contributed by atoms with Crippen LogP contribution < -0.4 is 9.47 Å². The minimum absolute atomic E-state index is 0. The zero-order chi connectivity index (χ0) is 15.7. The van der Waals surface area contributed by atoms with Crippen molar-refractivity contribution in [2.24, 2.45) is 0 Å². The number of aliphatic hydroxyl groups excluding tert-OH is 1. The van der Waals surface area contributed by atoms with E-state index < -0.39 is 0 Å². The molecule has 3 rings (SSSR count). The third-order valence-electron chi connectivity index (χ3n) is 5.35. The van der Waals surface area contributed by atoms with Crippen LogP contribution in [0.5, 0.6) is 11.5 Å². The van der Waals surface area contributed by atoms with Gasteiger partial charge in [0.1, 0.15) is 0 Å². The number of fused-ring (bicyclic) bond motifs is 1. The zero-order valence-electron chi connectivity index (χ0n) is 14.2. The molecule has 1 saturated carbocycles. The van der Waals surface area contributed by atoms with Crippen molar-refractivity contribution >= 4 is 12.4 Å². The summed E-state index contributed by atoms with van der Waals surface area (Å²) in [6, 6.07) is 4.82. The molecule has 1 fully saturated rings. The van der Waals surface area contributed by atoms with Crippen LogP contribution in [0.25, 0.3) is 0 Å². The van der Waals surface area contributed by atoms with E-state index in [1.54, 1.807) is 14.2 Å². The SMILES string of the molecule is COc1cc2c(cc1OC)C(C)N(C1CCCCC1O)CC2.Cl. The Balaban J connectivity index is 0.00000192. The van der Waals surface area contributed by atoms with Gasteiger partial charge in [0.15, 0.2) is 11.5 Å². The second kappa shape index (κ2) is 7.73. The highest BCUT2D eigenvalue weighted by Crippen LogP contribution is 2.40. The molecule has 1 heterocycles. The van der Waals surface area contributed by atoms with Gasteiger partial charge in [-0.25, -0.2) is 0 Å². The number of ether oxygens (including phenoxy) is 2. The molecule has 0 saturated heterocycles. The molecule has 5 heteroatoms. The maximum Gasteiger partial charge on any atom is 0.161 e. The molecule has 0 radical (unpaired) electrons. The molecule has 0 amide bonds. The van der Waals surface area contributed by atoms with Gasteiger partial charge in [-0.1, -0.05) is 12.8 Å². The molecule has 2 aliphatic rings. The lowest BCUT2D eigenvalue weighted by Crippen LogP contribution is -2.49. The topological polar surface area (TPSA) is 41.9 Å². The van der Waals surface area contributed by atoms with Crippen LogP contribution in [0.2, 0.25) is 0 Å². The van der Waals surface area contributed by atoms with E-state index in [0.717, 1.165) is 43.7 Å². The number of halogens is 1. The molecule has 1 aliphatic carbocycles. The summed E-state index contributed by atoms with van der Waals surface area (Å²) in [6.07, 6.45) is 5.24. The molecule has 1 aromatic rings. The average molecular weight is 342 g/mol. The van der Waals surface area contributed by atoms with Gasteiger partial charge < -0.3 is 14.6 Å².